The second-order valence-electron chi connectivity index (χ2n) is 5.70. The molecule has 0 aliphatic carbocycles. The number of halogens is 1. The number of amides is 2. The number of nitrogens with zero attached hydrogens (tertiary/aromatic N) is 3. The van der Waals surface area contributed by atoms with Crippen molar-refractivity contribution >= 4 is 52.5 Å². The summed E-state index contributed by atoms with van der Waals surface area (Å²) in [6.45, 7) is 3.99. The molecule has 8 nitrogen and oxygen atoms in total. The second-order valence-corrected chi connectivity index (χ2v) is 7.08. The fourth-order valence-corrected chi connectivity index (χ4v) is 3.16. The first-order valence-corrected chi connectivity index (χ1v) is 9.51. The molecule has 1 aromatic heterocycles. The summed E-state index contributed by atoms with van der Waals surface area (Å²) >= 11 is 7.07. The summed E-state index contributed by atoms with van der Waals surface area (Å²) in [5, 5.41) is 3.62. The Balaban J connectivity index is 1.93. The molecule has 0 spiro atoms. The van der Waals surface area contributed by atoms with Crippen LogP contribution in [0.25, 0.3) is 0 Å². The SMILES string of the molecule is CCN(CC(=O)Nc1cc(Cl)ccc1C)C(=O)CSc1nc(N)cc(N)n1. The molecule has 2 amide bonds. The van der Waals surface area contributed by atoms with Crippen LogP contribution in [0.5, 0.6) is 0 Å². The molecule has 0 unspecified atom stereocenters. The first-order chi connectivity index (χ1) is 12.8. The third kappa shape index (κ3) is 6.30. The summed E-state index contributed by atoms with van der Waals surface area (Å²) in [7, 11) is 0. The lowest BCUT2D eigenvalue weighted by Gasteiger charge is -2.20. The smallest absolute Gasteiger partial charge is 0.244 e. The van der Waals surface area contributed by atoms with Gasteiger partial charge in [0.05, 0.1) is 12.3 Å². The standard InChI is InChI=1S/C17H21ClN6O2S/c1-3-24(8-15(25)21-12-6-11(18)5-4-10(12)2)16(26)9-27-17-22-13(19)7-14(20)23-17/h4-7H,3,8-9H2,1-2H3,(H,21,25)(H4,19,20,22,23). The van der Waals surface area contributed by atoms with Gasteiger partial charge >= 0.3 is 0 Å². The Kier molecular flexibility index (Phi) is 7.26. The predicted molar refractivity (Wildman–Crippen MR) is 109 cm³/mol. The van der Waals surface area contributed by atoms with Gasteiger partial charge in [0.1, 0.15) is 11.6 Å². The molecule has 2 aromatic rings. The summed E-state index contributed by atoms with van der Waals surface area (Å²) in [5.41, 5.74) is 12.7. The minimum Gasteiger partial charge on any atom is -0.383 e. The van der Waals surface area contributed by atoms with Gasteiger partial charge in [-0.25, -0.2) is 9.97 Å². The summed E-state index contributed by atoms with van der Waals surface area (Å²) in [4.78, 5) is 34.2. The summed E-state index contributed by atoms with van der Waals surface area (Å²) in [5.74, 6) is 0.0254. The first kappa shape index (κ1) is 20.8. The van der Waals surface area contributed by atoms with Crippen LogP contribution in [-0.4, -0.2) is 45.5 Å². The molecule has 144 valence electrons. The Labute approximate surface area is 166 Å². The molecule has 0 bridgehead atoms. The largest absolute Gasteiger partial charge is 0.383 e. The van der Waals surface area contributed by atoms with Gasteiger partial charge in [0.25, 0.3) is 0 Å². The van der Waals surface area contributed by atoms with Gasteiger partial charge in [0, 0.05) is 23.3 Å². The number of carbonyl (C=O) groups excluding carboxylic acids is 2. The van der Waals surface area contributed by atoms with E-state index in [0.717, 1.165) is 17.3 Å². The molecule has 2 rings (SSSR count). The maximum atomic E-state index is 12.4. The highest BCUT2D eigenvalue weighted by Crippen LogP contribution is 2.20. The van der Waals surface area contributed by atoms with Gasteiger partial charge in [-0.1, -0.05) is 29.4 Å². The van der Waals surface area contributed by atoms with E-state index in [1.54, 1.807) is 19.1 Å². The number of hydrogen-bond donors (Lipinski definition) is 3. The Morgan fingerprint density at radius 1 is 1.22 bits per heavy atom. The van der Waals surface area contributed by atoms with Crippen molar-refractivity contribution in [2.45, 2.75) is 19.0 Å². The summed E-state index contributed by atoms with van der Waals surface area (Å²) in [6.07, 6.45) is 0. The molecule has 1 aromatic carbocycles. The highest BCUT2D eigenvalue weighted by Gasteiger charge is 2.17. The number of thioether (sulfide) groups is 1. The van der Waals surface area contributed by atoms with Crippen molar-refractivity contribution in [2.24, 2.45) is 0 Å². The number of nitrogens with one attached hydrogen (secondary N) is 1. The van der Waals surface area contributed by atoms with Crippen LogP contribution in [0.3, 0.4) is 0 Å². The molecule has 5 N–H and O–H groups in total. The van der Waals surface area contributed by atoms with Crippen LogP contribution in [0.1, 0.15) is 12.5 Å². The molecular weight excluding hydrogens is 388 g/mol. The lowest BCUT2D eigenvalue weighted by atomic mass is 10.2. The number of nitrogens with two attached hydrogens (primary N) is 2. The maximum absolute atomic E-state index is 12.4. The number of nitrogen functional groups attached to an aromatic ring is 2. The first-order valence-electron chi connectivity index (χ1n) is 8.15. The number of rotatable bonds is 7. The molecule has 0 aliphatic rings. The maximum Gasteiger partial charge on any atom is 0.244 e. The van der Waals surface area contributed by atoms with Crippen LogP contribution in [0.2, 0.25) is 5.02 Å². The van der Waals surface area contributed by atoms with E-state index in [1.807, 2.05) is 13.0 Å². The third-order valence-corrected chi connectivity index (χ3v) is 4.68. The zero-order valence-electron chi connectivity index (χ0n) is 15.0. The molecule has 0 fully saturated rings. The average molecular weight is 409 g/mol. The van der Waals surface area contributed by atoms with Crippen LogP contribution >= 0.6 is 23.4 Å². The Bertz CT molecular complexity index is 828. The van der Waals surface area contributed by atoms with Gasteiger partial charge in [0.2, 0.25) is 11.8 Å². The number of aromatic nitrogens is 2. The highest BCUT2D eigenvalue weighted by atomic mass is 35.5. The zero-order valence-corrected chi connectivity index (χ0v) is 16.6. The number of anilines is 3. The van der Waals surface area contributed by atoms with Crippen molar-refractivity contribution < 1.29 is 9.59 Å². The topological polar surface area (TPSA) is 127 Å². The van der Waals surface area contributed by atoms with Crippen molar-refractivity contribution in [1.29, 1.82) is 0 Å². The van der Waals surface area contributed by atoms with E-state index in [0.29, 0.717) is 22.4 Å². The Hall–Kier alpha value is -2.52. The number of hydrogen-bond acceptors (Lipinski definition) is 7. The molecule has 0 saturated carbocycles. The minimum absolute atomic E-state index is 0.0677. The number of benzene rings is 1. The summed E-state index contributed by atoms with van der Waals surface area (Å²) in [6, 6.07) is 6.67. The quantitative estimate of drug-likeness (QED) is 0.473. The normalized spacial score (nSPS) is 10.5. The van der Waals surface area contributed by atoms with Crippen LogP contribution in [0.4, 0.5) is 17.3 Å². The monoisotopic (exact) mass is 408 g/mol. The minimum atomic E-state index is -0.301. The third-order valence-electron chi connectivity index (χ3n) is 3.61. The van der Waals surface area contributed by atoms with Crippen LogP contribution in [-0.2, 0) is 9.59 Å². The van der Waals surface area contributed by atoms with Gasteiger partial charge in [-0.3, -0.25) is 9.59 Å². The highest BCUT2D eigenvalue weighted by molar-refractivity contribution is 7.99. The predicted octanol–water partition coefficient (Wildman–Crippen LogP) is 2.18. The molecule has 0 saturated heterocycles. The fraction of sp³-hybridized carbons (Fsp3) is 0.294. The van der Waals surface area contributed by atoms with E-state index in [-0.39, 0.29) is 35.7 Å². The zero-order chi connectivity index (χ0) is 20.0. The van der Waals surface area contributed by atoms with Gasteiger partial charge in [0.15, 0.2) is 5.16 Å². The van der Waals surface area contributed by atoms with Gasteiger partial charge < -0.3 is 21.7 Å². The van der Waals surface area contributed by atoms with E-state index in [1.165, 1.54) is 11.0 Å². The molecule has 10 heteroatoms. The lowest BCUT2D eigenvalue weighted by molar-refractivity contribution is -0.132. The van der Waals surface area contributed by atoms with Crippen LogP contribution < -0.4 is 16.8 Å². The number of carbonyl (C=O) groups is 2. The number of aryl methyl sites for hydroxylation is 1. The molecule has 27 heavy (non-hydrogen) atoms. The molecule has 1 heterocycles. The van der Waals surface area contributed by atoms with E-state index < -0.39 is 0 Å². The Morgan fingerprint density at radius 3 is 2.52 bits per heavy atom. The molecular formula is C17H21ClN6O2S. The van der Waals surface area contributed by atoms with Crippen molar-refractivity contribution in [2.75, 3.05) is 35.6 Å². The number of likely N-dealkylation sites (N-methyl/N-ethyl adjacent to an activating group) is 1. The molecule has 0 atom stereocenters. The average Bonchev–Trinajstić information content (AvgIpc) is 2.60. The van der Waals surface area contributed by atoms with Crippen molar-refractivity contribution in [3.8, 4) is 0 Å². The molecule has 0 aliphatic heterocycles. The van der Waals surface area contributed by atoms with Crippen LogP contribution in [0, 0.1) is 6.92 Å². The van der Waals surface area contributed by atoms with Crippen molar-refractivity contribution in [3.05, 3.63) is 34.9 Å². The fourth-order valence-electron chi connectivity index (χ4n) is 2.21. The molecule has 0 radical (unpaired) electrons. The van der Waals surface area contributed by atoms with Gasteiger partial charge in [-0.05, 0) is 31.5 Å². The van der Waals surface area contributed by atoms with E-state index in [9.17, 15) is 9.59 Å². The van der Waals surface area contributed by atoms with E-state index >= 15 is 0 Å². The van der Waals surface area contributed by atoms with E-state index in [2.05, 4.69) is 15.3 Å². The lowest BCUT2D eigenvalue weighted by Crippen LogP contribution is -2.39. The van der Waals surface area contributed by atoms with Crippen LogP contribution in [0.15, 0.2) is 29.4 Å². The van der Waals surface area contributed by atoms with Crippen molar-refractivity contribution in [3.63, 3.8) is 0 Å². The Morgan fingerprint density at radius 2 is 1.89 bits per heavy atom. The van der Waals surface area contributed by atoms with E-state index in [4.69, 9.17) is 23.1 Å². The second kappa shape index (κ2) is 9.43. The van der Waals surface area contributed by atoms with Crippen molar-refractivity contribution in [1.82, 2.24) is 14.9 Å². The van der Waals surface area contributed by atoms with Gasteiger partial charge in [-0.15, -0.1) is 0 Å². The summed E-state index contributed by atoms with van der Waals surface area (Å²) < 4.78 is 0. The van der Waals surface area contributed by atoms with Gasteiger partial charge in [-0.2, -0.15) is 0 Å².